The van der Waals surface area contributed by atoms with Gasteiger partial charge in [-0.2, -0.15) is 0 Å². The Hall–Kier alpha value is -1.36. The lowest BCUT2D eigenvalue weighted by molar-refractivity contribution is -0.143. The molecule has 1 atom stereocenters. The van der Waals surface area contributed by atoms with Crippen LogP contribution in [0.4, 0.5) is 0 Å². The summed E-state index contributed by atoms with van der Waals surface area (Å²) in [6, 6.07) is 7.84. The molecule has 5 heteroatoms. The summed E-state index contributed by atoms with van der Waals surface area (Å²) in [5.41, 5.74) is 0.0726. The average Bonchev–Trinajstić information content (AvgIpc) is 3.17. The third-order valence-corrected chi connectivity index (χ3v) is 4.25. The second-order valence-electron chi connectivity index (χ2n) is 5.32. The standard InChI is InChI=1S/C15H18BrNO3/c1-2-11(8-10-4-3-5-12(16)9-10)13(18)17-15(6-7-15)14(19)20/h3-5,9,11H,2,6-8H2,1H3,(H,17,18)(H,19,20). The molecule has 0 radical (unpaired) electrons. The molecule has 108 valence electrons. The molecule has 0 spiro atoms. The van der Waals surface area contributed by atoms with Gasteiger partial charge in [0.2, 0.25) is 5.91 Å². The maximum absolute atomic E-state index is 12.2. The average molecular weight is 340 g/mol. The lowest BCUT2D eigenvalue weighted by Gasteiger charge is -2.19. The van der Waals surface area contributed by atoms with Crippen LogP contribution in [-0.2, 0) is 16.0 Å². The maximum Gasteiger partial charge on any atom is 0.329 e. The van der Waals surface area contributed by atoms with E-state index in [1.807, 2.05) is 31.2 Å². The van der Waals surface area contributed by atoms with Crippen LogP contribution >= 0.6 is 15.9 Å². The number of nitrogens with one attached hydrogen (secondary N) is 1. The van der Waals surface area contributed by atoms with Crippen LogP contribution in [0.15, 0.2) is 28.7 Å². The Morgan fingerprint density at radius 2 is 2.15 bits per heavy atom. The molecule has 1 aliphatic carbocycles. The predicted molar refractivity (Wildman–Crippen MR) is 79.4 cm³/mol. The summed E-state index contributed by atoms with van der Waals surface area (Å²) in [5.74, 6) is -1.28. The van der Waals surface area contributed by atoms with Gasteiger partial charge in [0.05, 0.1) is 0 Å². The van der Waals surface area contributed by atoms with Crippen LogP contribution in [0.5, 0.6) is 0 Å². The van der Waals surface area contributed by atoms with Gasteiger partial charge < -0.3 is 10.4 Å². The first-order valence-electron chi connectivity index (χ1n) is 6.77. The van der Waals surface area contributed by atoms with Gasteiger partial charge in [-0.25, -0.2) is 4.79 Å². The Bertz CT molecular complexity index is 526. The molecule has 1 aromatic carbocycles. The van der Waals surface area contributed by atoms with Gasteiger partial charge in [-0.1, -0.05) is 35.0 Å². The van der Waals surface area contributed by atoms with Crippen molar-refractivity contribution in [2.75, 3.05) is 0 Å². The summed E-state index contributed by atoms with van der Waals surface area (Å²) in [6.45, 7) is 1.95. The van der Waals surface area contributed by atoms with Gasteiger partial charge in [-0.3, -0.25) is 4.79 Å². The van der Waals surface area contributed by atoms with Gasteiger partial charge in [0.25, 0.3) is 0 Å². The second kappa shape index (κ2) is 5.95. The molecule has 0 bridgehead atoms. The smallest absolute Gasteiger partial charge is 0.329 e. The fraction of sp³-hybridized carbons (Fsp3) is 0.467. The number of carboxylic acids is 1. The van der Waals surface area contributed by atoms with E-state index >= 15 is 0 Å². The molecule has 1 unspecified atom stereocenters. The molecule has 2 N–H and O–H groups in total. The summed E-state index contributed by atoms with van der Waals surface area (Å²) in [5, 5.41) is 11.8. The lowest BCUT2D eigenvalue weighted by Crippen LogP contribution is -2.46. The van der Waals surface area contributed by atoms with E-state index in [0.717, 1.165) is 10.0 Å². The minimum Gasteiger partial charge on any atom is -0.480 e. The van der Waals surface area contributed by atoms with Crippen LogP contribution in [-0.4, -0.2) is 22.5 Å². The van der Waals surface area contributed by atoms with Crippen LogP contribution in [0, 0.1) is 5.92 Å². The third-order valence-electron chi connectivity index (χ3n) is 3.76. The van der Waals surface area contributed by atoms with Crippen LogP contribution in [0.2, 0.25) is 0 Å². The van der Waals surface area contributed by atoms with Crippen LogP contribution in [0.25, 0.3) is 0 Å². The van der Waals surface area contributed by atoms with Crippen molar-refractivity contribution in [3.8, 4) is 0 Å². The minimum atomic E-state index is -0.998. The first-order chi connectivity index (χ1) is 9.47. The highest BCUT2D eigenvalue weighted by atomic mass is 79.9. The van der Waals surface area contributed by atoms with E-state index < -0.39 is 11.5 Å². The fourth-order valence-electron chi connectivity index (χ4n) is 2.23. The Morgan fingerprint density at radius 3 is 2.65 bits per heavy atom. The SMILES string of the molecule is CCC(Cc1cccc(Br)c1)C(=O)NC1(C(=O)O)CC1. The molecule has 2 rings (SSSR count). The van der Waals surface area contributed by atoms with E-state index in [-0.39, 0.29) is 11.8 Å². The van der Waals surface area contributed by atoms with E-state index in [1.54, 1.807) is 0 Å². The maximum atomic E-state index is 12.2. The number of hydrogen-bond donors (Lipinski definition) is 2. The number of rotatable bonds is 6. The molecule has 0 heterocycles. The Kier molecular flexibility index (Phi) is 4.48. The van der Waals surface area contributed by atoms with Crippen molar-refractivity contribution in [3.63, 3.8) is 0 Å². The fourth-order valence-corrected chi connectivity index (χ4v) is 2.67. The van der Waals surface area contributed by atoms with E-state index in [9.17, 15) is 9.59 Å². The quantitative estimate of drug-likeness (QED) is 0.837. The van der Waals surface area contributed by atoms with Gasteiger partial charge in [-0.15, -0.1) is 0 Å². The Morgan fingerprint density at radius 1 is 1.45 bits per heavy atom. The number of carboxylic acid groups (broad SMARTS) is 1. The predicted octanol–water partition coefficient (Wildman–Crippen LogP) is 2.75. The summed E-state index contributed by atoms with van der Waals surface area (Å²) in [6.07, 6.45) is 2.37. The first-order valence-corrected chi connectivity index (χ1v) is 7.56. The van der Waals surface area contributed by atoms with Crippen LogP contribution in [0.3, 0.4) is 0 Å². The molecule has 1 amide bonds. The van der Waals surface area contributed by atoms with Crippen molar-refractivity contribution in [1.82, 2.24) is 5.32 Å². The van der Waals surface area contributed by atoms with E-state index in [1.165, 1.54) is 0 Å². The molecule has 4 nitrogen and oxygen atoms in total. The monoisotopic (exact) mass is 339 g/mol. The summed E-state index contributed by atoms with van der Waals surface area (Å²) in [7, 11) is 0. The molecule has 0 aromatic heterocycles. The van der Waals surface area contributed by atoms with Crippen molar-refractivity contribution in [3.05, 3.63) is 34.3 Å². The number of carbonyl (C=O) groups is 2. The van der Waals surface area contributed by atoms with Crippen molar-refractivity contribution in [2.24, 2.45) is 5.92 Å². The van der Waals surface area contributed by atoms with Gasteiger partial charge in [-0.05, 0) is 43.4 Å². The summed E-state index contributed by atoms with van der Waals surface area (Å²) in [4.78, 5) is 23.3. The molecule has 0 saturated heterocycles. The highest BCUT2D eigenvalue weighted by molar-refractivity contribution is 9.10. The molecule has 1 aliphatic rings. The zero-order valence-corrected chi connectivity index (χ0v) is 12.9. The van der Waals surface area contributed by atoms with E-state index in [2.05, 4.69) is 21.2 Å². The molecule has 0 aliphatic heterocycles. The summed E-state index contributed by atoms with van der Waals surface area (Å²) < 4.78 is 0.981. The van der Waals surface area contributed by atoms with E-state index in [0.29, 0.717) is 25.7 Å². The first kappa shape index (κ1) is 15.0. The Balaban J connectivity index is 2.01. The van der Waals surface area contributed by atoms with Gasteiger partial charge in [0, 0.05) is 10.4 Å². The van der Waals surface area contributed by atoms with E-state index in [4.69, 9.17) is 5.11 Å². The van der Waals surface area contributed by atoms with Gasteiger partial charge in [0.1, 0.15) is 5.54 Å². The van der Waals surface area contributed by atoms with Gasteiger partial charge in [0.15, 0.2) is 0 Å². The zero-order valence-electron chi connectivity index (χ0n) is 11.4. The number of amides is 1. The number of aliphatic carboxylic acids is 1. The molecule has 1 aromatic rings. The molecule has 1 fully saturated rings. The summed E-state index contributed by atoms with van der Waals surface area (Å²) >= 11 is 3.41. The van der Waals surface area contributed by atoms with Crippen molar-refractivity contribution in [1.29, 1.82) is 0 Å². The lowest BCUT2D eigenvalue weighted by atomic mass is 9.95. The molecular formula is C15H18BrNO3. The normalized spacial score (nSPS) is 17.3. The van der Waals surface area contributed by atoms with Crippen LogP contribution < -0.4 is 5.32 Å². The molecule has 1 saturated carbocycles. The topological polar surface area (TPSA) is 66.4 Å². The molecular weight excluding hydrogens is 322 g/mol. The minimum absolute atomic E-state index is 0.160. The zero-order chi connectivity index (χ0) is 14.8. The Labute approximate surface area is 126 Å². The van der Waals surface area contributed by atoms with Gasteiger partial charge >= 0.3 is 5.97 Å². The molecule has 20 heavy (non-hydrogen) atoms. The van der Waals surface area contributed by atoms with Crippen molar-refractivity contribution >= 4 is 27.8 Å². The third kappa shape index (κ3) is 3.39. The second-order valence-corrected chi connectivity index (χ2v) is 6.23. The number of carbonyl (C=O) groups excluding carboxylic acids is 1. The highest BCUT2D eigenvalue weighted by Crippen LogP contribution is 2.36. The number of halogens is 1. The van der Waals surface area contributed by atoms with Crippen molar-refractivity contribution < 1.29 is 14.7 Å². The number of benzene rings is 1. The number of hydrogen-bond acceptors (Lipinski definition) is 2. The highest BCUT2D eigenvalue weighted by Gasteiger charge is 2.52. The largest absolute Gasteiger partial charge is 0.480 e. The van der Waals surface area contributed by atoms with Crippen LogP contribution in [0.1, 0.15) is 31.7 Å². The van der Waals surface area contributed by atoms with Crippen molar-refractivity contribution in [2.45, 2.75) is 38.1 Å².